The fourth-order valence-electron chi connectivity index (χ4n) is 1.13. The van der Waals surface area contributed by atoms with E-state index in [1.165, 1.54) is 0 Å². The van der Waals surface area contributed by atoms with Crippen molar-refractivity contribution in [3.63, 3.8) is 0 Å². The summed E-state index contributed by atoms with van der Waals surface area (Å²) in [6.45, 7) is 0. The van der Waals surface area contributed by atoms with Crippen LogP contribution < -0.4 is 0 Å². The van der Waals surface area contributed by atoms with E-state index in [0.29, 0.717) is 12.1 Å². The van der Waals surface area contributed by atoms with Crippen LogP contribution in [0.2, 0.25) is 0 Å². The Balaban J connectivity index is 3.44. The topological polar surface area (TPSA) is 26.3 Å². The van der Waals surface area contributed by atoms with Crippen molar-refractivity contribution < 1.29 is 34.0 Å². The van der Waals surface area contributed by atoms with E-state index in [2.05, 4.69) is 2.81 Å². The second kappa shape index (κ2) is 5.03. The van der Waals surface area contributed by atoms with Crippen molar-refractivity contribution >= 4 is 31.1 Å². The van der Waals surface area contributed by atoms with E-state index in [9.17, 15) is 31.1 Å². The summed E-state index contributed by atoms with van der Waals surface area (Å²) in [7, 11) is 0. The first-order valence-electron chi connectivity index (χ1n) is 4.23. The van der Waals surface area contributed by atoms with Crippen LogP contribution in [0.4, 0.5) is 26.3 Å². The Kier molecular flexibility index (Phi) is 4.25. The molecule has 0 N–H and O–H groups in total. The van der Waals surface area contributed by atoms with Crippen LogP contribution in [0.1, 0.15) is 21.5 Å². The van der Waals surface area contributed by atoms with Gasteiger partial charge >= 0.3 is 112 Å². The SMILES string of the molecule is O=C([O][BiH])c1cc(C(F)(F)F)cc(C(F)(F)F)c1. The van der Waals surface area contributed by atoms with Crippen LogP contribution in [0.15, 0.2) is 18.2 Å². The Morgan fingerprint density at radius 3 is 1.61 bits per heavy atom. The van der Waals surface area contributed by atoms with Crippen LogP contribution in [0, 0.1) is 0 Å². The van der Waals surface area contributed by atoms with E-state index in [4.69, 9.17) is 0 Å². The molecule has 18 heavy (non-hydrogen) atoms. The van der Waals surface area contributed by atoms with Gasteiger partial charge in [0.05, 0.1) is 0 Å². The van der Waals surface area contributed by atoms with Crippen molar-refractivity contribution in [3.05, 3.63) is 34.9 Å². The zero-order valence-electron chi connectivity index (χ0n) is 8.32. The Morgan fingerprint density at radius 2 is 1.33 bits per heavy atom. The minimum absolute atomic E-state index is 0.0517. The van der Waals surface area contributed by atoms with Gasteiger partial charge in [-0.1, -0.05) is 0 Å². The van der Waals surface area contributed by atoms with Gasteiger partial charge in [0.2, 0.25) is 0 Å². The Morgan fingerprint density at radius 1 is 0.944 bits per heavy atom. The third-order valence-corrected chi connectivity index (χ3v) is 2.64. The third kappa shape index (κ3) is 3.57. The van der Waals surface area contributed by atoms with E-state index in [-0.39, 0.29) is 31.2 Å². The molecule has 2 nitrogen and oxygen atoms in total. The summed E-state index contributed by atoms with van der Waals surface area (Å²) in [5, 5.41) is 0. The molecule has 0 atom stereocenters. The monoisotopic (exact) mass is 467 g/mol. The van der Waals surface area contributed by atoms with Crippen LogP contribution >= 0.6 is 0 Å². The minimum atomic E-state index is -4.97. The fraction of sp³-hybridized carbons (Fsp3) is 0.222. The van der Waals surface area contributed by atoms with Crippen molar-refractivity contribution in [3.8, 4) is 0 Å². The van der Waals surface area contributed by atoms with Gasteiger partial charge in [-0.2, -0.15) is 0 Å². The van der Waals surface area contributed by atoms with Gasteiger partial charge in [0.1, 0.15) is 0 Å². The van der Waals surface area contributed by atoms with Gasteiger partial charge in [-0.25, -0.2) is 0 Å². The van der Waals surface area contributed by atoms with Crippen molar-refractivity contribution in [1.29, 1.82) is 0 Å². The first kappa shape index (κ1) is 15.2. The van der Waals surface area contributed by atoms with Gasteiger partial charge in [-0.3, -0.25) is 0 Å². The summed E-state index contributed by atoms with van der Waals surface area (Å²) in [6, 6.07) is 0.606. The quantitative estimate of drug-likeness (QED) is 0.470. The Hall–Kier alpha value is -0.847. The molecule has 0 bridgehead atoms. The summed E-state index contributed by atoms with van der Waals surface area (Å²) in [5.41, 5.74) is -3.86. The Bertz CT molecular complexity index is 433. The summed E-state index contributed by atoms with van der Waals surface area (Å²) in [5.74, 6) is -1.21. The molecule has 0 aromatic heterocycles. The van der Waals surface area contributed by atoms with Crippen molar-refractivity contribution in [2.24, 2.45) is 0 Å². The molecule has 1 aromatic rings. The Labute approximate surface area is 112 Å². The second-order valence-electron chi connectivity index (χ2n) is 3.18. The van der Waals surface area contributed by atoms with Gasteiger partial charge in [0.15, 0.2) is 0 Å². The molecule has 0 aliphatic carbocycles. The molecule has 1 rings (SSSR count). The molecule has 99 valence electrons. The van der Waals surface area contributed by atoms with E-state index >= 15 is 0 Å². The normalized spacial score (nSPS) is 12.4. The maximum atomic E-state index is 12.4. The molecule has 1 aromatic carbocycles. The summed E-state index contributed by atoms with van der Waals surface area (Å²) >= 11 is -0.130. The zero-order chi connectivity index (χ0) is 14.1. The van der Waals surface area contributed by atoms with Crippen LogP contribution in [0.5, 0.6) is 0 Å². The van der Waals surface area contributed by atoms with Crippen LogP contribution in [-0.4, -0.2) is 31.1 Å². The summed E-state index contributed by atoms with van der Waals surface area (Å²) in [6.07, 6.45) is -9.94. The maximum absolute atomic E-state index is 12.4. The van der Waals surface area contributed by atoms with Crippen LogP contribution in [-0.2, 0) is 15.2 Å². The number of hydrogen-bond donors (Lipinski definition) is 0. The first-order chi connectivity index (χ1) is 8.05. The molecule has 1 radical (unpaired) electrons. The van der Waals surface area contributed by atoms with Crippen molar-refractivity contribution in [2.75, 3.05) is 0 Å². The molecule has 0 heterocycles. The average molecular weight is 467 g/mol. The van der Waals surface area contributed by atoms with Gasteiger partial charge in [0.25, 0.3) is 0 Å². The van der Waals surface area contributed by atoms with Crippen LogP contribution in [0.25, 0.3) is 0 Å². The number of rotatable bonds is 1. The molecular formula is C9H4BiF6O2. The zero-order valence-corrected chi connectivity index (χ0v) is 12.2. The summed E-state index contributed by atoms with van der Waals surface area (Å²) in [4.78, 5) is 11.0. The standard InChI is InChI=1S/C9H4F6O2.Bi.H/c10-8(11,12)5-1-4(7(16)17)2-6(3-5)9(13,14)15;;/h1-3H,(H,16,17);;/q;+1;/p-1. The molecule has 0 spiro atoms. The molecule has 9 heteroatoms. The molecular weight excluding hydrogens is 463 g/mol. The van der Waals surface area contributed by atoms with E-state index < -0.39 is 35.0 Å². The number of carbonyl (C=O) groups excluding carboxylic acids is 1. The fourth-order valence-corrected chi connectivity index (χ4v) is 1.59. The van der Waals surface area contributed by atoms with Gasteiger partial charge < -0.3 is 0 Å². The molecule has 0 saturated heterocycles. The average Bonchev–Trinajstić information content (AvgIpc) is 2.25. The molecule has 0 amide bonds. The number of alkyl halides is 6. The number of hydrogen-bond acceptors (Lipinski definition) is 2. The van der Waals surface area contributed by atoms with Gasteiger partial charge in [-0.15, -0.1) is 0 Å². The van der Waals surface area contributed by atoms with E-state index in [0.717, 1.165) is 0 Å². The molecule has 0 saturated carbocycles. The first-order valence-corrected chi connectivity index (χ1v) is 5.82. The molecule has 0 fully saturated rings. The van der Waals surface area contributed by atoms with Crippen molar-refractivity contribution in [2.45, 2.75) is 12.4 Å². The van der Waals surface area contributed by atoms with E-state index in [1.807, 2.05) is 0 Å². The predicted molar refractivity (Wildman–Crippen MR) is 49.0 cm³/mol. The summed E-state index contributed by atoms with van der Waals surface area (Å²) < 4.78 is 78.6. The predicted octanol–water partition coefficient (Wildman–Crippen LogP) is 2.70. The molecule has 0 aliphatic heterocycles. The van der Waals surface area contributed by atoms with E-state index in [1.54, 1.807) is 0 Å². The van der Waals surface area contributed by atoms with Crippen molar-refractivity contribution in [1.82, 2.24) is 0 Å². The number of halogens is 6. The van der Waals surface area contributed by atoms with Gasteiger partial charge in [-0.05, 0) is 0 Å². The third-order valence-electron chi connectivity index (χ3n) is 1.92. The second-order valence-corrected chi connectivity index (χ2v) is 3.98. The molecule has 0 aliphatic rings. The van der Waals surface area contributed by atoms with Gasteiger partial charge in [0, 0.05) is 0 Å². The number of benzene rings is 1. The van der Waals surface area contributed by atoms with Crippen LogP contribution in [0.3, 0.4) is 0 Å². The molecule has 0 unspecified atom stereocenters. The number of carbonyl (C=O) groups is 1.